The van der Waals surface area contributed by atoms with Crippen LogP contribution in [0.2, 0.25) is 0 Å². The Morgan fingerprint density at radius 2 is 1.47 bits per heavy atom. The maximum atomic E-state index is 10.6. The van der Waals surface area contributed by atoms with Crippen molar-refractivity contribution in [2.24, 2.45) is 5.73 Å². The summed E-state index contributed by atoms with van der Waals surface area (Å²) in [4.78, 5) is 18.9. The van der Waals surface area contributed by atoms with Crippen LogP contribution in [0.3, 0.4) is 0 Å². The molecule has 0 aliphatic rings. The first-order valence-electron chi connectivity index (χ1n) is 3.38. The molecule has 0 fully saturated rings. The SMILES string of the molecule is C[C@@](N)(CO)C(=O)O.O=C(O)C(F)(F)F. The average Bonchev–Trinajstić information content (AvgIpc) is 2.03. The molecule has 0 radical (unpaired) electrons. The fourth-order valence-electron chi connectivity index (χ4n) is 0.0676. The zero-order chi connectivity index (χ0) is 12.9. The Bertz CT molecular complexity index is 237. The van der Waals surface area contributed by atoms with Gasteiger partial charge >= 0.3 is 18.1 Å². The van der Waals surface area contributed by atoms with E-state index in [1.54, 1.807) is 0 Å². The highest BCUT2D eigenvalue weighted by molar-refractivity contribution is 5.77. The minimum atomic E-state index is -5.08. The Labute approximate surface area is 82.1 Å². The van der Waals surface area contributed by atoms with Gasteiger partial charge in [-0.2, -0.15) is 13.2 Å². The van der Waals surface area contributed by atoms with Gasteiger partial charge in [-0.25, -0.2) is 4.79 Å². The smallest absolute Gasteiger partial charge is 0.480 e. The summed E-state index contributed by atoms with van der Waals surface area (Å²) >= 11 is 0. The van der Waals surface area contributed by atoms with E-state index >= 15 is 0 Å². The summed E-state index contributed by atoms with van der Waals surface area (Å²) in [5.41, 5.74) is 3.52. The van der Waals surface area contributed by atoms with E-state index in [-0.39, 0.29) is 0 Å². The van der Waals surface area contributed by atoms with E-state index in [1.807, 2.05) is 0 Å². The Morgan fingerprint density at radius 1 is 1.20 bits per heavy atom. The molecule has 90 valence electrons. The number of aliphatic hydroxyl groups excluding tert-OH is 1. The molecule has 0 aromatic rings. The molecule has 0 saturated heterocycles. The molecule has 0 heterocycles. The highest BCUT2D eigenvalue weighted by Crippen LogP contribution is 2.13. The van der Waals surface area contributed by atoms with Crippen LogP contribution in [0.4, 0.5) is 13.2 Å². The number of hydrogen-bond acceptors (Lipinski definition) is 4. The molecular formula is C6H10F3NO5. The summed E-state index contributed by atoms with van der Waals surface area (Å²) in [5.74, 6) is -3.95. The predicted octanol–water partition coefficient (Wildman–Crippen LogP) is -0.586. The van der Waals surface area contributed by atoms with E-state index in [0.717, 1.165) is 0 Å². The second kappa shape index (κ2) is 5.51. The van der Waals surface area contributed by atoms with Crippen molar-refractivity contribution in [1.82, 2.24) is 0 Å². The molecule has 0 aliphatic carbocycles. The number of carboxylic acid groups (broad SMARTS) is 2. The number of carbonyl (C=O) groups is 2. The lowest BCUT2D eigenvalue weighted by Gasteiger charge is -2.13. The number of aliphatic carboxylic acids is 2. The standard InChI is InChI=1S/C4H9NO3.C2HF3O2/c1-4(5,2-6)3(7)8;3-2(4,5)1(6)7/h6H,2,5H2,1H3,(H,7,8);(H,6,7)/t4-;/m1./s1. The van der Waals surface area contributed by atoms with Gasteiger partial charge in [-0.3, -0.25) is 4.79 Å². The number of halogens is 3. The van der Waals surface area contributed by atoms with Crippen LogP contribution in [-0.4, -0.2) is 45.6 Å². The van der Waals surface area contributed by atoms with E-state index < -0.39 is 30.3 Å². The monoisotopic (exact) mass is 233 g/mol. The second-order valence-electron chi connectivity index (χ2n) is 2.68. The van der Waals surface area contributed by atoms with Crippen molar-refractivity contribution in [3.8, 4) is 0 Å². The largest absolute Gasteiger partial charge is 0.490 e. The first kappa shape index (κ1) is 16.1. The zero-order valence-corrected chi connectivity index (χ0v) is 7.58. The molecule has 0 bridgehead atoms. The van der Waals surface area contributed by atoms with Gasteiger partial charge in [0.15, 0.2) is 0 Å². The molecule has 9 heteroatoms. The fourth-order valence-corrected chi connectivity index (χ4v) is 0.0676. The van der Waals surface area contributed by atoms with Crippen LogP contribution in [-0.2, 0) is 9.59 Å². The van der Waals surface area contributed by atoms with Crippen LogP contribution < -0.4 is 5.73 Å². The molecule has 6 nitrogen and oxygen atoms in total. The molecule has 1 atom stereocenters. The van der Waals surface area contributed by atoms with Crippen molar-refractivity contribution in [3.05, 3.63) is 0 Å². The minimum Gasteiger partial charge on any atom is -0.480 e. The van der Waals surface area contributed by atoms with E-state index in [9.17, 15) is 18.0 Å². The van der Waals surface area contributed by atoms with Gasteiger partial charge < -0.3 is 21.1 Å². The normalized spacial score (nSPS) is 14.5. The van der Waals surface area contributed by atoms with Crippen LogP contribution in [0.25, 0.3) is 0 Å². The van der Waals surface area contributed by atoms with Gasteiger partial charge in [-0.05, 0) is 6.92 Å². The Morgan fingerprint density at radius 3 is 1.47 bits per heavy atom. The van der Waals surface area contributed by atoms with Crippen molar-refractivity contribution in [1.29, 1.82) is 0 Å². The topological polar surface area (TPSA) is 121 Å². The number of hydrogen-bond donors (Lipinski definition) is 4. The zero-order valence-electron chi connectivity index (χ0n) is 7.58. The summed E-state index contributed by atoms with van der Waals surface area (Å²) in [6, 6.07) is 0. The third-order valence-electron chi connectivity index (χ3n) is 1.06. The van der Waals surface area contributed by atoms with Crippen LogP contribution in [0.1, 0.15) is 6.92 Å². The molecular weight excluding hydrogens is 223 g/mol. The third kappa shape index (κ3) is 7.70. The maximum Gasteiger partial charge on any atom is 0.490 e. The first-order valence-corrected chi connectivity index (χ1v) is 3.38. The van der Waals surface area contributed by atoms with Crippen LogP contribution in [0.15, 0.2) is 0 Å². The summed E-state index contributed by atoms with van der Waals surface area (Å²) in [6.45, 7) is 0.706. The van der Waals surface area contributed by atoms with Crippen molar-refractivity contribution in [2.45, 2.75) is 18.6 Å². The fraction of sp³-hybridized carbons (Fsp3) is 0.667. The molecule has 15 heavy (non-hydrogen) atoms. The molecule has 0 unspecified atom stereocenters. The third-order valence-corrected chi connectivity index (χ3v) is 1.06. The number of nitrogens with two attached hydrogens (primary N) is 1. The molecule has 0 spiro atoms. The lowest BCUT2D eigenvalue weighted by molar-refractivity contribution is -0.192. The lowest BCUT2D eigenvalue weighted by Crippen LogP contribution is -2.48. The van der Waals surface area contributed by atoms with Crippen LogP contribution in [0.5, 0.6) is 0 Å². The number of rotatable bonds is 2. The first-order chi connectivity index (χ1) is 6.45. The molecule has 0 aromatic heterocycles. The van der Waals surface area contributed by atoms with Crippen LogP contribution in [0, 0.1) is 0 Å². The maximum absolute atomic E-state index is 10.6. The molecule has 5 N–H and O–H groups in total. The molecule has 0 saturated carbocycles. The lowest BCUT2D eigenvalue weighted by atomic mass is 10.1. The Hall–Kier alpha value is -1.35. The predicted molar refractivity (Wildman–Crippen MR) is 41.0 cm³/mol. The van der Waals surface area contributed by atoms with Gasteiger partial charge in [-0.1, -0.05) is 0 Å². The van der Waals surface area contributed by atoms with Crippen molar-refractivity contribution in [2.75, 3.05) is 6.61 Å². The number of alkyl halides is 3. The van der Waals surface area contributed by atoms with Gasteiger partial charge in [0.2, 0.25) is 0 Å². The molecule has 0 aromatic carbocycles. The van der Waals surface area contributed by atoms with E-state index in [2.05, 4.69) is 0 Å². The van der Waals surface area contributed by atoms with Gasteiger partial charge in [0, 0.05) is 0 Å². The number of aliphatic hydroxyl groups is 1. The second-order valence-corrected chi connectivity index (χ2v) is 2.68. The van der Waals surface area contributed by atoms with Gasteiger partial charge in [0.25, 0.3) is 0 Å². The minimum absolute atomic E-state index is 0.539. The highest BCUT2D eigenvalue weighted by atomic mass is 19.4. The van der Waals surface area contributed by atoms with E-state index in [4.69, 9.17) is 25.8 Å². The molecule has 0 amide bonds. The Balaban J connectivity index is 0. The molecule has 0 aliphatic heterocycles. The van der Waals surface area contributed by atoms with Crippen molar-refractivity contribution in [3.63, 3.8) is 0 Å². The summed E-state index contributed by atoms with van der Waals surface area (Å²) < 4.78 is 31.7. The van der Waals surface area contributed by atoms with Crippen molar-refractivity contribution >= 4 is 11.9 Å². The van der Waals surface area contributed by atoms with E-state index in [1.165, 1.54) is 6.92 Å². The van der Waals surface area contributed by atoms with Crippen molar-refractivity contribution < 1.29 is 38.1 Å². The van der Waals surface area contributed by atoms with Gasteiger partial charge in [0.05, 0.1) is 6.61 Å². The summed E-state index contributed by atoms with van der Waals surface area (Å²) in [6.07, 6.45) is -5.08. The highest BCUT2D eigenvalue weighted by Gasteiger charge is 2.38. The van der Waals surface area contributed by atoms with Gasteiger partial charge in [0.1, 0.15) is 5.54 Å². The Kier molecular flexibility index (Phi) is 5.91. The molecule has 0 rings (SSSR count). The quantitative estimate of drug-likeness (QED) is 0.506. The average molecular weight is 233 g/mol. The number of carboxylic acids is 2. The van der Waals surface area contributed by atoms with Gasteiger partial charge in [-0.15, -0.1) is 0 Å². The summed E-state index contributed by atoms with van der Waals surface area (Å²) in [7, 11) is 0. The van der Waals surface area contributed by atoms with Crippen LogP contribution >= 0.6 is 0 Å². The summed E-state index contributed by atoms with van der Waals surface area (Å²) in [5, 5.41) is 23.5. The van der Waals surface area contributed by atoms with E-state index in [0.29, 0.717) is 0 Å².